The zero-order chi connectivity index (χ0) is 14.3. The van der Waals surface area contributed by atoms with Crippen LogP contribution in [0.5, 0.6) is 0 Å². The summed E-state index contributed by atoms with van der Waals surface area (Å²) in [5.41, 5.74) is 0.986. The number of hydrogen-bond acceptors (Lipinski definition) is 2. The van der Waals surface area contributed by atoms with Crippen molar-refractivity contribution in [1.82, 2.24) is 5.32 Å². The predicted molar refractivity (Wildman–Crippen MR) is 73.2 cm³/mol. The molecule has 0 bridgehead atoms. The first-order valence-corrected chi connectivity index (χ1v) is 5.83. The fourth-order valence-electron chi connectivity index (χ4n) is 1.59. The molecule has 0 aliphatic rings. The predicted octanol–water partition coefficient (Wildman–Crippen LogP) is 2.23. The zero-order valence-electron chi connectivity index (χ0n) is 10.9. The lowest BCUT2D eigenvalue weighted by molar-refractivity contribution is 0.0697. The Kier molecular flexibility index (Phi) is 5.42. The van der Waals surface area contributed by atoms with Gasteiger partial charge in [-0.05, 0) is 25.5 Å². The minimum atomic E-state index is -1.06. The van der Waals surface area contributed by atoms with Gasteiger partial charge in [0.05, 0.1) is 11.3 Å². The Labute approximate surface area is 112 Å². The van der Waals surface area contributed by atoms with E-state index in [1.54, 1.807) is 32.0 Å². The Morgan fingerprint density at radius 3 is 2.74 bits per heavy atom. The second kappa shape index (κ2) is 7.07. The van der Waals surface area contributed by atoms with Crippen LogP contribution >= 0.6 is 0 Å². The second-order valence-electron chi connectivity index (χ2n) is 3.86. The second-order valence-corrected chi connectivity index (χ2v) is 3.86. The molecule has 5 nitrogen and oxygen atoms in total. The number of carbonyl (C=O) groups is 2. The van der Waals surface area contributed by atoms with Crippen LogP contribution < -0.4 is 10.6 Å². The van der Waals surface area contributed by atoms with Gasteiger partial charge in [-0.25, -0.2) is 9.59 Å². The Bertz CT molecular complexity index is 541. The van der Waals surface area contributed by atoms with Gasteiger partial charge in [0.2, 0.25) is 0 Å². The molecule has 0 saturated heterocycles. The molecule has 0 atom stereocenters. The van der Waals surface area contributed by atoms with Crippen LogP contribution in [0.25, 0.3) is 0 Å². The van der Waals surface area contributed by atoms with E-state index in [9.17, 15) is 9.59 Å². The van der Waals surface area contributed by atoms with Crippen molar-refractivity contribution in [2.75, 3.05) is 11.9 Å². The van der Waals surface area contributed by atoms with Crippen LogP contribution in [0.2, 0.25) is 0 Å². The number of rotatable bonds is 4. The monoisotopic (exact) mass is 260 g/mol. The molecule has 0 fully saturated rings. The van der Waals surface area contributed by atoms with Crippen molar-refractivity contribution in [1.29, 1.82) is 0 Å². The fourth-order valence-corrected chi connectivity index (χ4v) is 1.59. The quantitative estimate of drug-likeness (QED) is 0.573. The van der Waals surface area contributed by atoms with Crippen LogP contribution in [-0.4, -0.2) is 23.7 Å². The average molecular weight is 260 g/mol. The van der Waals surface area contributed by atoms with E-state index in [2.05, 4.69) is 22.5 Å². The molecule has 0 unspecified atom stereocenters. The van der Waals surface area contributed by atoms with E-state index in [0.717, 1.165) is 0 Å². The summed E-state index contributed by atoms with van der Waals surface area (Å²) in [7, 11) is 0. The molecule has 0 aliphatic carbocycles. The van der Waals surface area contributed by atoms with E-state index in [1.807, 2.05) is 0 Å². The number of carboxylic acids is 1. The molecule has 0 heterocycles. The molecule has 1 aromatic carbocycles. The summed E-state index contributed by atoms with van der Waals surface area (Å²) in [4.78, 5) is 22.7. The van der Waals surface area contributed by atoms with Crippen molar-refractivity contribution in [3.63, 3.8) is 0 Å². The molecule has 0 aromatic heterocycles. The van der Waals surface area contributed by atoms with Gasteiger partial charge in [0.15, 0.2) is 0 Å². The minimum absolute atomic E-state index is 0.103. The topological polar surface area (TPSA) is 78.4 Å². The van der Waals surface area contributed by atoms with Crippen molar-refractivity contribution in [3.05, 3.63) is 29.3 Å². The lowest BCUT2D eigenvalue weighted by Gasteiger charge is -2.10. The Hall–Kier alpha value is -2.48. The Balaban J connectivity index is 2.71. The van der Waals surface area contributed by atoms with Gasteiger partial charge in [-0.15, -0.1) is 11.8 Å². The maximum Gasteiger partial charge on any atom is 0.338 e. The molecular weight excluding hydrogens is 244 g/mol. The van der Waals surface area contributed by atoms with Gasteiger partial charge < -0.3 is 15.7 Å². The van der Waals surface area contributed by atoms with Gasteiger partial charge in [0.1, 0.15) is 0 Å². The minimum Gasteiger partial charge on any atom is -0.478 e. The molecule has 19 heavy (non-hydrogen) atoms. The van der Waals surface area contributed by atoms with Crippen LogP contribution in [0.3, 0.4) is 0 Å². The van der Waals surface area contributed by atoms with Gasteiger partial charge in [-0.2, -0.15) is 0 Å². The molecule has 2 amide bonds. The van der Waals surface area contributed by atoms with Crippen molar-refractivity contribution in [2.24, 2.45) is 0 Å². The van der Waals surface area contributed by atoms with Crippen LogP contribution in [0.1, 0.15) is 29.3 Å². The molecule has 100 valence electrons. The molecule has 5 heteroatoms. The number of aryl methyl sites for hydroxylation is 1. The summed E-state index contributed by atoms with van der Waals surface area (Å²) in [5.74, 6) is 4.48. The van der Waals surface area contributed by atoms with Crippen molar-refractivity contribution in [2.45, 2.75) is 20.3 Å². The third kappa shape index (κ3) is 4.36. The number of benzene rings is 1. The third-order valence-electron chi connectivity index (χ3n) is 2.45. The smallest absolute Gasteiger partial charge is 0.338 e. The normalized spacial score (nSPS) is 9.16. The molecule has 3 N–H and O–H groups in total. The Morgan fingerprint density at radius 2 is 2.11 bits per heavy atom. The van der Waals surface area contributed by atoms with Gasteiger partial charge in [-0.3, -0.25) is 0 Å². The SMILES string of the molecule is CC#CCCNC(=O)Nc1cccc(C)c1C(=O)O. The standard InChI is InChI=1S/C14H16N2O3/c1-3-4-5-9-15-14(19)16-11-8-6-7-10(2)12(11)13(17)18/h6-8H,5,9H2,1-2H3,(H,17,18)(H2,15,16,19). The zero-order valence-corrected chi connectivity index (χ0v) is 10.9. The van der Waals surface area contributed by atoms with Crippen molar-refractivity contribution < 1.29 is 14.7 Å². The highest BCUT2D eigenvalue weighted by atomic mass is 16.4. The van der Waals surface area contributed by atoms with E-state index in [0.29, 0.717) is 18.5 Å². The van der Waals surface area contributed by atoms with Crippen LogP contribution in [0.4, 0.5) is 10.5 Å². The molecule has 0 radical (unpaired) electrons. The summed E-state index contributed by atoms with van der Waals surface area (Å²) in [5, 5.41) is 14.3. The van der Waals surface area contributed by atoms with E-state index in [1.165, 1.54) is 0 Å². The first kappa shape index (κ1) is 14.6. The maximum atomic E-state index is 11.6. The maximum absolute atomic E-state index is 11.6. The molecular formula is C14H16N2O3. The van der Waals surface area contributed by atoms with Gasteiger partial charge >= 0.3 is 12.0 Å². The lowest BCUT2D eigenvalue weighted by Crippen LogP contribution is -2.30. The highest BCUT2D eigenvalue weighted by molar-refractivity contribution is 6.01. The molecule has 1 aromatic rings. The highest BCUT2D eigenvalue weighted by Gasteiger charge is 2.14. The molecule has 0 aliphatic heterocycles. The average Bonchev–Trinajstić information content (AvgIpc) is 2.34. The number of anilines is 1. The number of amides is 2. The highest BCUT2D eigenvalue weighted by Crippen LogP contribution is 2.19. The summed E-state index contributed by atoms with van der Waals surface area (Å²) < 4.78 is 0. The lowest BCUT2D eigenvalue weighted by atomic mass is 10.1. The molecule has 0 saturated carbocycles. The van der Waals surface area contributed by atoms with Gasteiger partial charge in [-0.1, -0.05) is 12.1 Å². The molecule has 1 rings (SSSR count). The number of carbonyl (C=O) groups excluding carboxylic acids is 1. The van der Waals surface area contributed by atoms with Crippen molar-refractivity contribution >= 4 is 17.7 Å². The first-order valence-electron chi connectivity index (χ1n) is 5.83. The number of carboxylic acid groups (broad SMARTS) is 1. The summed E-state index contributed by atoms with van der Waals surface area (Å²) >= 11 is 0. The summed E-state index contributed by atoms with van der Waals surface area (Å²) in [6, 6.07) is 4.50. The van der Waals surface area contributed by atoms with E-state index >= 15 is 0 Å². The molecule has 0 spiro atoms. The number of hydrogen-bond donors (Lipinski definition) is 3. The first-order chi connectivity index (χ1) is 9.06. The number of nitrogens with one attached hydrogen (secondary N) is 2. The van der Waals surface area contributed by atoms with Crippen LogP contribution in [-0.2, 0) is 0 Å². The third-order valence-corrected chi connectivity index (χ3v) is 2.45. The number of urea groups is 1. The Morgan fingerprint density at radius 1 is 1.37 bits per heavy atom. The van der Waals surface area contributed by atoms with Crippen LogP contribution in [0.15, 0.2) is 18.2 Å². The van der Waals surface area contributed by atoms with E-state index in [4.69, 9.17) is 5.11 Å². The summed E-state index contributed by atoms with van der Waals surface area (Å²) in [6.07, 6.45) is 0.559. The van der Waals surface area contributed by atoms with Crippen LogP contribution in [0, 0.1) is 18.8 Å². The number of aromatic carboxylic acids is 1. The van der Waals surface area contributed by atoms with Crippen molar-refractivity contribution in [3.8, 4) is 11.8 Å². The largest absolute Gasteiger partial charge is 0.478 e. The van der Waals surface area contributed by atoms with E-state index in [-0.39, 0.29) is 11.3 Å². The van der Waals surface area contributed by atoms with Gasteiger partial charge in [0.25, 0.3) is 0 Å². The summed E-state index contributed by atoms with van der Waals surface area (Å²) in [6.45, 7) is 3.83. The fraction of sp³-hybridized carbons (Fsp3) is 0.286. The van der Waals surface area contributed by atoms with Gasteiger partial charge in [0, 0.05) is 13.0 Å². The van der Waals surface area contributed by atoms with E-state index < -0.39 is 12.0 Å².